The van der Waals surface area contributed by atoms with Gasteiger partial charge < -0.3 is 14.5 Å². The van der Waals surface area contributed by atoms with Crippen molar-refractivity contribution in [1.29, 1.82) is 0 Å². The van der Waals surface area contributed by atoms with Gasteiger partial charge in [0.05, 0.1) is 6.26 Å². The second-order valence-electron chi connectivity index (χ2n) is 5.09. The monoisotopic (exact) mass is 249 g/mol. The van der Waals surface area contributed by atoms with E-state index in [4.69, 9.17) is 15.6 Å². The minimum atomic E-state index is -0.544. The minimum absolute atomic E-state index is 0.191. The van der Waals surface area contributed by atoms with Crippen molar-refractivity contribution in [2.24, 2.45) is 5.92 Å². The molecule has 0 aliphatic rings. The van der Waals surface area contributed by atoms with E-state index >= 15 is 0 Å². The van der Waals surface area contributed by atoms with Gasteiger partial charge in [0.25, 0.3) is 0 Å². The smallest absolute Gasteiger partial charge is 0.408 e. The highest BCUT2D eigenvalue weighted by Crippen LogP contribution is 2.22. The van der Waals surface area contributed by atoms with Crippen LogP contribution >= 0.6 is 0 Å². The fraction of sp³-hybridized carbons (Fsp3) is 0.500. The molecule has 18 heavy (non-hydrogen) atoms. The Morgan fingerprint density at radius 1 is 1.56 bits per heavy atom. The summed E-state index contributed by atoms with van der Waals surface area (Å²) in [7, 11) is 0. The summed E-state index contributed by atoms with van der Waals surface area (Å²) in [5.74, 6) is 3.02. The summed E-state index contributed by atoms with van der Waals surface area (Å²) in [5, 5.41) is 2.73. The van der Waals surface area contributed by atoms with Gasteiger partial charge in [-0.2, -0.15) is 0 Å². The van der Waals surface area contributed by atoms with E-state index in [9.17, 15) is 4.79 Å². The molecular weight excluding hydrogens is 230 g/mol. The predicted molar refractivity (Wildman–Crippen MR) is 68.8 cm³/mol. The van der Waals surface area contributed by atoms with E-state index in [1.54, 1.807) is 39.2 Å². The average molecular weight is 249 g/mol. The normalized spacial score (nSPS) is 14.4. The van der Waals surface area contributed by atoms with E-state index < -0.39 is 11.7 Å². The van der Waals surface area contributed by atoms with Crippen LogP contribution in [0.15, 0.2) is 22.8 Å². The van der Waals surface area contributed by atoms with Crippen LogP contribution in [-0.2, 0) is 4.74 Å². The zero-order chi connectivity index (χ0) is 13.8. The van der Waals surface area contributed by atoms with Gasteiger partial charge in [0.2, 0.25) is 0 Å². The van der Waals surface area contributed by atoms with Gasteiger partial charge in [-0.1, -0.05) is 0 Å². The van der Waals surface area contributed by atoms with Crippen molar-refractivity contribution in [3.8, 4) is 12.3 Å². The number of amides is 1. The van der Waals surface area contributed by atoms with E-state index in [2.05, 4.69) is 11.2 Å². The van der Waals surface area contributed by atoms with Gasteiger partial charge in [-0.05, 0) is 39.8 Å². The summed E-state index contributed by atoms with van der Waals surface area (Å²) in [6.07, 6.45) is 6.43. The lowest BCUT2D eigenvalue weighted by Crippen LogP contribution is -2.36. The van der Waals surface area contributed by atoms with E-state index in [0.29, 0.717) is 5.76 Å². The number of nitrogens with one attached hydrogen (secondary N) is 1. The van der Waals surface area contributed by atoms with Crippen molar-refractivity contribution >= 4 is 6.09 Å². The Kier molecular flexibility index (Phi) is 4.43. The molecule has 0 unspecified atom stereocenters. The molecule has 4 heteroatoms. The van der Waals surface area contributed by atoms with Crippen molar-refractivity contribution in [1.82, 2.24) is 5.32 Å². The fourth-order valence-electron chi connectivity index (χ4n) is 1.44. The Morgan fingerprint density at radius 2 is 2.22 bits per heavy atom. The molecule has 0 aliphatic carbocycles. The summed E-state index contributed by atoms with van der Waals surface area (Å²) in [6.45, 7) is 7.25. The van der Waals surface area contributed by atoms with Crippen LogP contribution in [0.5, 0.6) is 0 Å². The van der Waals surface area contributed by atoms with Gasteiger partial charge in [-0.3, -0.25) is 0 Å². The molecule has 2 atom stereocenters. The molecular formula is C14H19NO3. The fourth-order valence-corrected chi connectivity index (χ4v) is 1.44. The lowest BCUT2D eigenvalue weighted by atomic mass is 10.0. The predicted octanol–water partition coefficient (Wildman–Crippen LogP) is 3.11. The number of hydrogen-bond acceptors (Lipinski definition) is 3. The maximum Gasteiger partial charge on any atom is 0.408 e. The van der Waals surface area contributed by atoms with Crippen LogP contribution in [-0.4, -0.2) is 11.7 Å². The second-order valence-corrected chi connectivity index (χ2v) is 5.09. The molecule has 0 saturated heterocycles. The zero-order valence-corrected chi connectivity index (χ0v) is 11.2. The summed E-state index contributed by atoms with van der Waals surface area (Å²) < 4.78 is 10.5. The van der Waals surface area contributed by atoms with Gasteiger partial charge in [-0.25, -0.2) is 4.79 Å². The summed E-state index contributed by atoms with van der Waals surface area (Å²) >= 11 is 0. The quantitative estimate of drug-likeness (QED) is 0.837. The lowest BCUT2D eigenvalue weighted by molar-refractivity contribution is 0.0487. The van der Waals surface area contributed by atoms with E-state index in [0.717, 1.165) is 0 Å². The summed E-state index contributed by atoms with van der Waals surface area (Å²) in [6, 6.07) is 3.14. The second kappa shape index (κ2) is 5.63. The Balaban J connectivity index is 2.75. The maximum absolute atomic E-state index is 11.7. The highest BCUT2D eigenvalue weighted by atomic mass is 16.6. The molecule has 1 heterocycles. The molecule has 0 fully saturated rings. The largest absolute Gasteiger partial charge is 0.467 e. The first-order valence-electron chi connectivity index (χ1n) is 5.82. The molecule has 0 radical (unpaired) electrons. The highest BCUT2D eigenvalue weighted by Gasteiger charge is 2.25. The summed E-state index contributed by atoms with van der Waals surface area (Å²) in [5.41, 5.74) is -0.544. The number of furan rings is 1. The number of terminal acetylenes is 1. The first-order chi connectivity index (χ1) is 8.33. The highest BCUT2D eigenvalue weighted by molar-refractivity contribution is 5.68. The molecule has 0 aliphatic heterocycles. The first kappa shape index (κ1) is 14.2. The number of hydrogen-bond donors (Lipinski definition) is 1. The molecule has 0 saturated carbocycles. The molecule has 0 bridgehead atoms. The maximum atomic E-state index is 11.7. The van der Waals surface area contributed by atoms with Crippen LogP contribution in [0.1, 0.15) is 39.5 Å². The first-order valence-corrected chi connectivity index (χ1v) is 5.82. The van der Waals surface area contributed by atoms with Gasteiger partial charge in [0.1, 0.15) is 17.4 Å². The van der Waals surface area contributed by atoms with Gasteiger partial charge in [0.15, 0.2) is 0 Å². The Morgan fingerprint density at radius 3 is 2.67 bits per heavy atom. The van der Waals surface area contributed by atoms with Crippen molar-refractivity contribution in [2.75, 3.05) is 0 Å². The van der Waals surface area contributed by atoms with E-state index in [1.807, 2.05) is 6.92 Å². The number of carbonyl (C=O) groups excluding carboxylic acids is 1. The van der Waals surface area contributed by atoms with Crippen molar-refractivity contribution in [3.05, 3.63) is 24.2 Å². The number of alkyl carbamates (subject to hydrolysis) is 1. The van der Waals surface area contributed by atoms with Crippen molar-refractivity contribution in [2.45, 2.75) is 39.3 Å². The SMILES string of the molecule is C#C[C@H](C)[C@@H](NC(=O)OC(C)(C)C)c1ccco1. The minimum Gasteiger partial charge on any atom is -0.467 e. The van der Waals surface area contributed by atoms with Crippen molar-refractivity contribution in [3.63, 3.8) is 0 Å². The van der Waals surface area contributed by atoms with E-state index in [1.165, 1.54) is 0 Å². The lowest BCUT2D eigenvalue weighted by Gasteiger charge is -2.24. The molecule has 1 amide bonds. The van der Waals surface area contributed by atoms with Crippen LogP contribution in [0, 0.1) is 18.3 Å². The Hall–Kier alpha value is -1.89. The third-order valence-corrected chi connectivity index (χ3v) is 2.28. The third-order valence-electron chi connectivity index (χ3n) is 2.28. The van der Waals surface area contributed by atoms with Crippen molar-refractivity contribution < 1.29 is 13.9 Å². The zero-order valence-electron chi connectivity index (χ0n) is 11.2. The Labute approximate surface area is 108 Å². The third kappa shape index (κ3) is 4.17. The number of rotatable bonds is 3. The molecule has 4 nitrogen and oxygen atoms in total. The molecule has 98 valence electrons. The molecule has 0 spiro atoms. The molecule has 1 N–H and O–H groups in total. The van der Waals surface area contributed by atoms with Gasteiger partial charge >= 0.3 is 6.09 Å². The average Bonchev–Trinajstić information content (AvgIpc) is 2.75. The molecule has 1 rings (SSSR count). The number of carbonyl (C=O) groups is 1. The molecule has 0 aromatic carbocycles. The van der Waals surface area contributed by atoms with Gasteiger partial charge in [0, 0.05) is 5.92 Å². The van der Waals surface area contributed by atoms with Crippen LogP contribution < -0.4 is 5.32 Å². The van der Waals surface area contributed by atoms with Gasteiger partial charge in [-0.15, -0.1) is 12.3 Å². The Bertz CT molecular complexity index is 423. The number of ether oxygens (including phenoxy) is 1. The van der Waals surface area contributed by atoms with E-state index in [-0.39, 0.29) is 12.0 Å². The van der Waals surface area contributed by atoms with Crippen LogP contribution in [0.2, 0.25) is 0 Å². The molecule has 1 aromatic heterocycles. The standard InChI is InChI=1S/C14H19NO3/c1-6-10(2)12(11-8-7-9-17-11)15-13(16)18-14(3,4)5/h1,7-10,12H,2-5H3,(H,15,16)/t10-,12+/m0/s1. The topological polar surface area (TPSA) is 51.5 Å². The van der Waals surface area contributed by atoms with Crippen LogP contribution in [0.3, 0.4) is 0 Å². The van der Waals surface area contributed by atoms with Crippen LogP contribution in [0.4, 0.5) is 4.79 Å². The summed E-state index contributed by atoms with van der Waals surface area (Å²) in [4.78, 5) is 11.7. The van der Waals surface area contributed by atoms with Crippen LogP contribution in [0.25, 0.3) is 0 Å². The molecule has 1 aromatic rings.